The van der Waals surface area contributed by atoms with Crippen LogP contribution >= 0.6 is 0 Å². The van der Waals surface area contributed by atoms with Crippen LogP contribution in [0.4, 0.5) is 4.39 Å². The Morgan fingerprint density at radius 1 is 1.30 bits per heavy atom. The number of rotatable bonds is 6. The van der Waals surface area contributed by atoms with E-state index in [1.807, 2.05) is 0 Å². The smallest absolute Gasteiger partial charge is 0.251 e. The van der Waals surface area contributed by atoms with Crippen molar-refractivity contribution >= 4 is 11.8 Å². The molecule has 1 aliphatic heterocycles. The van der Waals surface area contributed by atoms with Crippen LogP contribution in [-0.2, 0) is 4.79 Å². The van der Waals surface area contributed by atoms with Gasteiger partial charge in [-0.1, -0.05) is 0 Å². The fourth-order valence-corrected chi connectivity index (χ4v) is 2.74. The van der Waals surface area contributed by atoms with Crippen molar-refractivity contribution in [2.24, 2.45) is 5.92 Å². The molecule has 0 aromatic heterocycles. The van der Waals surface area contributed by atoms with Gasteiger partial charge in [-0.2, -0.15) is 0 Å². The van der Waals surface area contributed by atoms with Crippen molar-refractivity contribution in [3.63, 3.8) is 0 Å². The molecule has 2 rings (SSSR count). The molecule has 1 unspecified atom stereocenters. The Hall–Kier alpha value is -1.95. The van der Waals surface area contributed by atoms with Crippen molar-refractivity contribution in [3.05, 3.63) is 35.6 Å². The third kappa shape index (κ3) is 5.32. The second-order valence-corrected chi connectivity index (χ2v) is 5.90. The summed E-state index contributed by atoms with van der Waals surface area (Å²) in [7, 11) is 0. The van der Waals surface area contributed by atoms with Crippen molar-refractivity contribution in [3.8, 4) is 0 Å². The zero-order chi connectivity index (χ0) is 16.7. The van der Waals surface area contributed by atoms with Gasteiger partial charge in [-0.25, -0.2) is 4.39 Å². The predicted molar refractivity (Wildman–Crippen MR) is 84.4 cm³/mol. The van der Waals surface area contributed by atoms with E-state index in [4.69, 9.17) is 0 Å². The van der Waals surface area contributed by atoms with E-state index in [1.165, 1.54) is 24.3 Å². The van der Waals surface area contributed by atoms with Crippen molar-refractivity contribution < 1.29 is 19.1 Å². The summed E-state index contributed by atoms with van der Waals surface area (Å²) in [5.41, 5.74) is 0.402. The summed E-state index contributed by atoms with van der Waals surface area (Å²) in [6.45, 7) is 1.89. The molecule has 1 heterocycles. The zero-order valence-corrected chi connectivity index (χ0v) is 13.1. The molecule has 1 aromatic rings. The number of carbonyl (C=O) groups excluding carboxylic acids is 2. The van der Waals surface area contributed by atoms with E-state index in [2.05, 4.69) is 5.32 Å². The Bertz CT molecular complexity index is 533. The van der Waals surface area contributed by atoms with Crippen LogP contribution in [0, 0.1) is 11.7 Å². The van der Waals surface area contributed by atoms with Gasteiger partial charge in [0.25, 0.3) is 5.91 Å². The van der Waals surface area contributed by atoms with Gasteiger partial charge < -0.3 is 15.3 Å². The molecule has 6 heteroatoms. The second-order valence-electron chi connectivity index (χ2n) is 5.90. The Balaban J connectivity index is 1.67. The molecule has 2 amide bonds. The quantitative estimate of drug-likeness (QED) is 0.781. The van der Waals surface area contributed by atoms with Gasteiger partial charge in [0, 0.05) is 38.2 Å². The normalized spacial score (nSPS) is 17.8. The van der Waals surface area contributed by atoms with E-state index in [0.717, 1.165) is 19.4 Å². The lowest BCUT2D eigenvalue weighted by atomic mass is 9.99. The number of carbonyl (C=O) groups is 2. The zero-order valence-electron chi connectivity index (χ0n) is 13.1. The largest absolute Gasteiger partial charge is 0.396 e. The number of piperidine rings is 1. The molecular weight excluding hydrogens is 299 g/mol. The highest BCUT2D eigenvalue weighted by Crippen LogP contribution is 2.16. The number of hydrogen-bond donors (Lipinski definition) is 2. The van der Waals surface area contributed by atoms with Crippen LogP contribution < -0.4 is 5.32 Å². The Kier molecular flexibility index (Phi) is 6.52. The number of hydrogen-bond acceptors (Lipinski definition) is 3. The molecule has 1 aliphatic rings. The first-order valence-electron chi connectivity index (χ1n) is 8.02. The van der Waals surface area contributed by atoms with Crippen LogP contribution in [0.15, 0.2) is 24.3 Å². The fraction of sp³-hybridized carbons (Fsp3) is 0.529. The monoisotopic (exact) mass is 322 g/mol. The Labute approximate surface area is 135 Å². The Morgan fingerprint density at radius 2 is 2.04 bits per heavy atom. The van der Waals surface area contributed by atoms with Gasteiger partial charge in [0.05, 0.1) is 0 Å². The summed E-state index contributed by atoms with van der Waals surface area (Å²) in [4.78, 5) is 25.7. The number of aliphatic hydroxyl groups excluding tert-OH is 1. The number of aliphatic hydroxyl groups is 1. The van der Waals surface area contributed by atoms with E-state index < -0.39 is 0 Å². The highest BCUT2D eigenvalue weighted by molar-refractivity contribution is 5.94. The minimum atomic E-state index is -0.380. The summed E-state index contributed by atoms with van der Waals surface area (Å²) >= 11 is 0. The van der Waals surface area contributed by atoms with Gasteiger partial charge in [-0.15, -0.1) is 0 Å². The molecule has 126 valence electrons. The van der Waals surface area contributed by atoms with Crippen LogP contribution in [0.25, 0.3) is 0 Å². The standard InChI is InChI=1S/C17H23FN2O3/c18-15-7-5-14(6-8-15)17(23)19-9-1-4-16(22)20-10-2-3-13(11-20)12-21/h5-8,13,21H,1-4,9-12H2,(H,19,23). The number of halogens is 1. The molecule has 0 radical (unpaired) electrons. The van der Waals surface area contributed by atoms with Crippen LogP contribution in [0.1, 0.15) is 36.0 Å². The topological polar surface area (TPSA) is 69.6 Å². The van der Waals surface area contributed by atoms with Crippen LogP contribution in [0.3, 0.4) is 0 Å². The number of nitrogens with zero attached hydrogens (tertiary/aromatic N) is 1. The lowest BCUT2D eigenvalue weighted by Crippen LogP contribution is -2.41. The van der Waals surface area contributed by atoms with Gasteiger partial charge in [0.15, 0.2) is 0 Å². The van der Waals surface area contributed by atoms with Gasteiger partial charge in [0.2, 0.25) is 5.91 Å². The maximum Gasteiger partial charge on any atom is 0.251 e. The maximum atomic E-state index is 12.8. The highest BCUT2D eigenvalue weighted by Gasteiger charge is 2.22. The molecule has 5 nitrogen and oxygen atoms in total. The van der Waals surface area contributed by atoms with E-state index in [1.54, 1.807) is 4.90 Å². The van der Waals surface area contributed by atoms with E-state index in [0.29, 0.717) is 31.5 Å². The van der Waals surface area contributed by atoms with Crippen molar-refractivity contribution in [1.29, 1.82) is 0 Å². The third-order valence-corrected chi connectivity index (χ3v) is 4.09. The number of amides is 2. The average molecular weight is 322 g/mol. The molecule has 0 spiro atoms. The first kappa shape index (κ1) is 17.4. The van der Waals surface area contributed by atoms with Gasteiger partial charge >= 0.3 is 0 Å². The molecule has 1 atom stereocenters. The molecule has 0 aliphatic carbocycles. The average Bonchev–Trinajstić information content (AvgIpc) is 2.59. The molecule has 1 aromatic carbocycles. The lowest BCUT2D eigenvalue weighted by Gasteiger charge is -2.32. The summed E-state index contributed by atoms with van der Waals surface area (Å²) in [6.07, 6.45) is 2.83. The molecule has 0 bridgehead atoms. The molecule has 23 heavy (non-hydrogen) atoms. The van der Waals surface area contributed by atoms with E-state index >= 15 is 0 Å². The summed E-state index contributed by atoms with van der Waals surface area (Å²) in [5, 5.41) is 11.9. The van der Waals surface area contributed by atoms with Crippen molar-refractivity contribution in [2.45, 2.75) is 25.7 Å². The molecule has 1 saturated heterocycles. The van der Waals surface area contributed by atoms with Gasteiger partial charge in [-0.3, -0.25) is 9.59 Å². The molecule has 0 saturated carbocycles. The van der Waals surface area contributed by atoms with Gasteiger partial charge in [-0.05, 0) is 49.4 Å². The summed E-state index contributed by atoms with van der Waals surface area (Å²) < 4.78 is 12.8. The molecule has 2 N–H and O–H groups in total. The predicted octanol–water partition coefficient (Wildman–Crippen LogP) is 1.57. The number of likely N-dealkylation sites (tertiary alicyclic amines) is 1. The van der Waals surface area contributed by atoms with Crippen LogP contribution in [0.5, 0.6) is 0 Å². The van der Waals surface area contributed by atoms with E-state index in [9.17, 15) is 19.1 Å². The first-order chi connectivity index (χ1) is 11.1. The maximum absolute atomic E-state index is 12.8. The Morgan fingerprint density at radius 3 is 2.74 bits per heavy atom. The summed E-state index contributed by atoms with van der Waals surface area (Å²) in [6, 6.07) is 5.34. The highest BCUT2D eigenvalue weighted by atomic mass is 19.1. The minimum absolute atomic E-state index is 0.0687. The van der Waals surface area contributed by atoms with Crippen LogP contribution in [-0.4, -0.2) is 48.1 Å². The third-order valence-electron chi connectivity index (χ3n) is 4.09. The summed E-state index contributed by atoms with van der Waals surface area (Å²) in [5.74, 6) is -0.393. The van der Waals surface area contributed by atoms with Gasteiger partial charge in [0.1, 0.15) is 5.82 Å². The minimum Gasteiger partial charge on any atom is -0.396 e. The SMILES string of the molecule is O=C(NCCCC(=O)N1CCCC(CO)C1)c1ccc(F)cc1. The fourth-order valence-electron chi connectivity index (χ4n) is 2.74. The molecule has 1 fully saturated rings. The molecular formula is C17H23FN2O3. The van der Waals surface area contributed by atoms with Crippen molar-refractivity contribution in [2.75, 3.05) is 26.2 Å². The van der Waals surface area contributed by atoms with Crippen LogP contribution in [0.2, 0.25) is 0 Å². The second kappa shape index (κ2) is 8.62. The number of nitrogens with one attached hydrogen (secondary N) is 1. The first-order valence-corrected chi connectivity index (χ1v) is 8.02. The van der Waals surface area contributed by atoms with E-state index in [-0.39, 0.29) is 30.2 Å². The lowest BCUT2D eigenvalue weighted by molar-refractivity contribution is -0.133. The number of benzene rings is 1. The van der Waals surface area contributed by atoms with Crippen molar-refractivity contribution in [1.82, 2.24) is 10.2 Å².